The number of nitrogens with zero attached hydrogens (tertiary/aromatic N) is 4. The van der Waals surface area contributed by atoms with Gasteiger partial charge in [-0.3, -0.25) is 4.90 Å². The molecule has 3 rings (SSSR count). The summed E-state index contributed by atoms with van der Waals surface area (Å²) in [6.07, 6.45) is 9.68. The van der Waals surface area contributed by atoms with E-state index in [1.807, 2.05) is 0 Å². The third-order valence-corrected chi connectivity index (χ3v) is 6.39. The molecule has 1 aromatic heterocycles. The highest BCUT2D eigenvalue weighted by molar-refractivity contribution is 5.65. The van der Waals surface area contributed by atoms with E-state index in [-0.39, 0.29) is 0 Å². The molecule has 1 aliphatic heterocycles. The van der Waals surface area contributed by atoms with Gasteiger partial charge in [0.2, 0.25) is 0 Å². The van der Waals surface area contributed by atoms with Crippen molar-refractivity contribution in [2.75, 3.05) is 32.7 Å². The lowest BCUT2D eigenvalue weighted by Crippen LogP contribution is -2.50. The molecule has 1 atom stereocenters. The summed E-state index contributed by atoms with van der Waals surface area (Å²) in [5.74, 6) is 0.881. The van der Waals surface area contributed by atoms with E-state index in [2.05, 4.69) is 68.1 Å². The second-order valence-electron chi connectivity index (χ2n) is 8.19. The SMILES string of the molecule is CCCC(Cc1cnc(-c2c(CC)cccc2CC)nc1)N1CCN(CC)CC1. The Morgan fingerprint density at radius 2 is 1.52 bits per heavy atom. The van der Waals surface area contributed by atoms with Crippen LogP contribution in [0.5, 0.6) is 0 Å². The van der Waals surface area contributed by atoms with E-state index >= 15 is 0 Å². The van der Waals surface area contributed by atoms with Gasteiger partial charge in [-0.2, -0.15) is 0 Å². The lowest BCUT2D eigenvalue weighted by Gasteiger charge is -2.39. The number of aryl methyl sites for hydroxylation is 2. The molecule has 29 heavy (non-hydrogen) atoms. The van der Waals surface area contributed by atoms with E-state index in [0.29, 0.717) is 6.04 Å². The fourth-order valence-electron chi connectivity index (χ4n) is 4.58. The summed E-state index contributed by atoms with van der Waals surface area (Å²) in [5, 5.41) is 0. The number of aromatic nitrogens is 2. The first-order valence-corrected chi connectivity index (χ1v) is 11.6. The van der Waals surface area contributed by atoms with E-state index in [4.69, 9.17) is 9.97 Å². The Bertz CT molecular complexity index is 726. The summed E-state index contributed by atoms with van der Waals surface area (Å²) >= 11 is 0. The Kier molecular flexibility index (Phi) is 8.19. The molecule has 2 aromatic rings. The molecular formula is C25H38N4. The molecule has 1 aliphatic rings. The van der Waals surface area contributed by atoms with Crippen molar-refractivity contribution in [3.63, 3.8) is 0 Å². The first-order chi connectivity index (χ1) is 14.2. The van der Waals surface area contributed by atoms with Gasteiger partial charge in [0.1, 0.15) is 0 Å². The molecule has 0 radical (unpaired) electrons. The second kappa shape index (κ2) is 10.8. The topological polar surface area (TPSA) is 32.3 Å². The van der Waals surface area contributed by atoms with Crippen molar-refractivity contribution < 1.29 is 0 Å². The van der Waals surface area contributed by atoms with Gasteiger partial charge in [0.15, 0.2) is 5.82 Å². The van der Waals surface area contributed by atoms with E-state index in [1.54, 1.807) is 0 Å². The van der Waals surface area contributed by atoms with Crippen molar-refractivity contribution in [3.05, 3.63) is 47.3 Å². The molecule has 0 N–H and O–H groups in total. The van der Waals surface area contributed by atoms with Gasteiger partial charge < -0.3 is 4.90 Å². The average molecular weight is 395 g/mol. The van der Waals surface area contributed by atoms with E-state index in [1.165, 1.54) is 67.8 Å². The Hall–Kier alpha value is -1.78. The normalized spacial score (nSPS) is 16.8. The molecule has 0 bridgehead atoms. The zero-order chi connectivity index (χ0) is 20.6. The molecule has 158 valence electrons. The van der Waals surface area contributed by atoms with Gasteiger partial charge in [-0.25, -0.2) is 9.97 Å². The van der Waals surface area contributed by atoms with Crippen LogP contribution >= 0.6 is 0 Å². The predicted molar refractivity (Wildman–Crippen MR) is 122 cm³/mol. The fourth-order valence-corrected chi connectivity index (χ4v) is 4.58. The average Bonchev–Trinajstić information content (AvgIpc) is 2.78. The van der Waals surface area contributed by atoms with Crippen LogP contribution in [0.15, 0.2) is 30.6 Å². The molecule has 1 unspecified atom stereocenters. The monoisotopic (exact) mass is 394 g/mol. The van der Waals surface area contributed by atoms with Crippen molar-refractivity contribution in [3.8, 4) is 11.4 Å². The summed E-state index contributed by atoms with van der Waals surface area (Å²) in [5.41, 5.74) is 5.19. The van der Waals surface area contributed by atoms with E-state index in [0.717, 1.165) is 25.1 Å². The van der Waals surface area contributed by atoms with Crippen LogP contribution in [-0.4, -0.2) is 58.5 Å². The number of rotatable bonds is 9. The molecule has 1 saturated heterocycles. The zero-order valence-corrected chi connectivity index (χ0v) is 18.8. The summed E-state index contributed by atoms with van der Waals surface area (Å²) < 4.78 is 0. The van der Waals surface area contributed by atoms with Gasteiger partial charge in [-0.05, 0) is 48.9 Å². The highest BCUT2D eigenvalue weighted by atomic mass is 15.3. The Morgan fingerprint density at radius 3 is 2.03 bits per heavy atom. The molecule has 4 nitrogen and oxygen atoms in total. The van der Waals surface area contributed by atoms with Gasteiger partial charge in [0.05, 0.1) is 0 Å². The molecular weight excluding hydrogens is 356 g/mol. The van der Waals surface area contributed by atoms with Crippen LogP contribution in [0.4, 0.5) is 0 Å². The summed E-state index contributed by atoms with van der Waals surface area (Å²) in [4.78, 5) is 14.9. The Balaban J connectivity index is 1.74. The Morgan fingerprint density at radius 1 is 0.897 bits per heavy atom. The lowest BCUT2D eigenvalue weighted by molar-refractivity contribution is 0.0945. The quantitative estimate of drug-likeness (QED) is 0.621. The van der Waals surface area contributed by atoms with Crippen LogP contribution in [-0.2, 0) is 19.3 Å². The third kappa shape index (κ3) is 5.43. The van der Waals surface area contributed by atoms with Gasteiger partial charge in [-0.1, -0.05) is 52.3 Å². The van der Waals surface area contributed by atoms with Crippen molar-refractivity contribution in [1.82, 2.24) is 19.8 Å². The summed E-state index contributed by atoms with van der Waals surface area (Å²) in [7, 11) is 0. The molecule has 1 aromatic carbocycles. The van der Waals surface area contributed by atoms with Crippen LogP contribution in [0.25, 0.3) is 11.4 Å². The number of piperazine rings is 1. The van der Waals surface area contributed by atoms with Gasteiger partial charge >= 0.3 is 0 Å². The lowest BCUT2D eigenvalue weighted by atomic mass is 9.96. The minimum atomic E-state index is 0.600. The number of benzene rings is 1. The maximum atomic E-state index is 4.81. The van der Waals surface area contributed by atoms with Crippen LogP contribution in [0.3, 0.4) is 0 Å². The van der Waals surface area contributed by atoms with Crippen molar-refractivity contribution in [1.29, 1.82) is 0 Å². The fraction of sp³-hybridized carbons (Fsp3) is 0.600. The third-order valence-electron chi connectivity index (χ3n) is 6.39. The predicted octanol–water partition coefficient (Wildman–Crippen LogP) is 4.62. The minimum absolute atomic E-state index is 0.600. The van der Waals surface area contributed by atoms with E-state index < -0.39 is 0 Å². The highest BCUT2D eigenvalue weighted by Gasteiger charge is 2.23. The van der Waals surface area contributed by atoms with Gasteiger partial charge in [0, 0.05) is 50.2 Å². The Labute approximate surface area is 177 Å². The maximum Gasteiger partial charge on any atom is 0.159 e. The minimum Gasteiger partial charge on any atom is -0.301 e. The zero-order valence-electron chi connectivity index (χ0n) is 18.8. The smallest absolute Gasteiger partial charge is 0.159 e. The van der Waals surface area contributed by atoms with Crippen molar-refractivity contribution in [2.45, 2.75) is 65.8 Å². The number of likely N-dealkylation sites (N-methyl/N-ethyl adjacent to an activating group) is 1. The molecule has 2 heterocycles. The van der Waals surface area contributed by atoms with E-state index in [9.17, 15) is 0 Å². The summed E-state index contributed by atoms with van der Waals surface area (Å²) in [6.45, 7) is 14.9. The van der Waals surface area contributed by atoms with Crippen molar-refractivity contribution >= 4 is 0 Å². The van der Waals surface area contributed by atoms with Crippen LogP contribution in [0.1, 0.15) is 57.2 Å². The molecule has 0 amide bonds. The molecule has 0 spiro atoms. The number of hydrogen-bond donors (Lipinski definition) is 0. The van der Waals surface area contributed by atoms with Crippen LogP contribution in [0, 0.1) is 0 Å². The van der Waals surface area contributed by atoms with Crippen LogP contribution in [0.2, 0.25) is 0 Å². The van der Waals surface area contributed by atoms with Gasteiger partial charge in [0.25, 0.3) is 0 Å². The first-order valence-electron chi connectivity index (χ1n) is 11.6. The second-order valence-corrected chi connectivity index (χ2v) is 8.19. The highest BCUT2D eigenvalue weighted by Crippen LogP contribution is 2.26. The molecule has 1 fully saturated rings. The molecule has 0 saturated carbocycles. The van der Waals surface area contributed by atoms with Crippen LogP contribution < -0.4 is 0 Å². The number of hydrogen-bond acceptors (Lipinski definition) is 4. The largest absolute Gasteiger partial charge is 0.301 e. The molecule has 0 aliphatic carbocycles. The standard InChI is InChI=1S/C25H38N4/c1-5-10-23(29-15-13-28(8-4)14-16-29)17-20-18-26-25(27-19-20)24-21(6-2)11-9-12-22(24)7-3/h9,11-12,18-19,23H,5-8,10,13-17H2,1-4H3. The first kappa shape index (κ1) is 21.9. The van der Waals surface area contributed by atoms with Gasteiger partial charge in [-0.15, -0.1) is 0 Å². The maximum absolute atomic E-state index is 4.81. The summed E-state index contributed by atoms with van der Waals surface area (Å²) in [6, 6.07) is 7.17. The molecule has 4 heteroatoms. The van der Waals surface area contributed by atoms with Crippen molar-refractivity contribution in [2.24, 2.45) is 0 Å².